The first-order valence-electron chi connectivity index (χ1n) is 6.45. The van der Waals surface area contributed by atoms with Crippen LogP contribution in [0.3, 0.4) is 0 Å². The van der Waals surface area contributed by atoms with Gasteiger partial charge in [-0.3, -0.25) is 4.79 Å². The van der Waals surface area contributed by atoms with Crippen molar-refractivity contribution >= 4 is 32.7 Å². The molecule has 1 aromatic heterocycles. The Hall–Kier alpha value is -1.37. The van der Waals surface area contributed by atoms with Crippen molar-refractivity contribution in [1.82, 2.24) is 10.3 Å². The van der Waals surface area contributed by atoms with Gasteiger partial charge in [0.15, 0.2) is 0 Å². The maximum Gasteiger partial charge on any atom is 0.267 e. The molecule has 0 saturated carbocycles. The number of amides is 1. The van der Waals surface area contributed by atoms with E-state index >= 15 is 0 Å². The zero-order chi connectivity index (χ0) is 14.5. The molecule has 1 atom stereocenters. The standard InChI is InChI=1S/C14H17BrN2O3/c15-10-4-3-9-6-13(17-12(9)7-10)14(20)16-8-11(19)2-1-5-18/h3-4,6-7,11,17-19H,1-2,5,8H2,(H,16,20). The quantitative estimate of drug-likeness (QED) is 0.646. The van der Waals surface area contributed by atoms with Gasteiger partial charge < -0.3 is 20.5 Å². The highest BCUT2D eigenvalue weighted by Crippen LogP contribution is 2.20. The van der Waals surface area contributed by atoms with E-state index in [1.165, 1.54) is 0 Å². The van der Waals surface area contributed by atoms with Crippen LogP contribution in [0.4, 0.5) is 0 Å². The van der Waals surface area contributed by atoms with Crippen LogP contribution in [-0.2, 0) is 0 Å². The molecule has 1 amide bonds. The zero-order valence-corrected chi connectivity index (χ0v) is 12.5. The van der Waals surface area contributed by atoms with E-state index in [-0.39, 0.29) is 19.1 Å². The van der Waals surface area contributed by atoms with Crippen LogP contribution in [0.25, 0.3) is 10.9 Å². The van der Waals surface area contributed by atoms with E-state index in [1.807, 2.05) is 18.2 Å². The van der Waals surface area contributed by atoms with E-state index < -0.39 is 6.10 Å². The fraction of sp³-hybridized carbons (Fsp3) is 0.357. The van der Waals surface area contributed by atoms with Gasteiger partial charge in [0.25, 0.3) is 5.91 Å². The van der Waals surface area contributed by atoms with Crippen LogP contribution in [0.15, 0.2) is 28.7 Å². The number of halogens is 1. The third-order valence-electron chi connectivity index (χ3n) is 3.02. The molecule has 0 aliphatic heterocycles. The molecule has 1 aromatic carbocycles. The minimum atomic E-state index is -0.635. The van der Waals surface area contributed by atoms with Gasteiger partial charge in [-0.05, 0) is 31.0 Å². The molecule has 0 aliphatic rings. The monoisotopic (exact) mass is 340 g/mol. The maximum absolute atomic E-state index is 12.0. The molecule has 1 unspecified atom stereocenters. The lowest BCUT2D eigenvalue weighted by Crippen LogP contribution is -2.32. The number of aromatic nitrogens is 1. The summed E-state index contributed by atoms with van der Waals surface area (Å²) in [5, 5.41) is 21.9. The number of H-pyrrole nitrogens is 1. The van der Waals surface area contributed by atoms with Gasteiger partial charge in [0, 0.05) is 28.5 Å². The summed E-state index contributed by atoms with van der Waals surface area (Å²) in [5.74, 6) is -0.250. The van der Waals surface area contributed by atoms with Crippen molar-refractivity contribution in [2.75, 3.05) is 13.2 Å². The number of benzene rings is 1. The summed E-state index contributed by atoms with van der Waals surface area (Å²) in [4.78, 5) is 15.0. The van der Waals surface area contributed by atoms with Gasteiger partial charge in [-0.1, -0.05) is 22.0 Å². The Balaban J connectivity index is 1.97. The fourth-order valence-electron chi connectivity index (χ4n) is 1.96. The molecular weight excluding hydrogens is 324 g/mol. The lowest BCUT2D eigenvalue weighted by molar-refractivity contribution is 0.0900. The molecule has 0 aliphatic carbocycles. The van der Waals surface area contributed by atoms with Gasteiger partial charge in [-0.15, -0.1) is 0 Å². The van der Waals surface area contributed by atoms with Crippen molar-refractivity contribution in [2.45, 2.75) is 18.9 Å². The number of aromatic amines is 1. The second-order valence-electron chi connectivity index (χ2n) is 4.64. The third-order valence-corrected chi connectivity index (χ3v) is 3.52. The van der Waals surface area contributed by atoms with Crippen LogP contribution in [0.2, 0.25) is 0 Å². The number of carbonyl (C=O) groups is 1. The number of hydrogen-bond acceptors (Lipinski definition) is 3. The number of nitrogens with one attached hydrogen (secondary N) is 2. The van der Waals surface area contributed by atoms with Crippen molar-refractivity contribution in [3.63, 3.8) is 0 Å². The minimum Gasteiger partial charge on any atom is -0.396 e. The van der Waals surface area contributed by atoms with E-state index in [0.717, 1.165) is 15.4 Å². The largest absolute Gasteiger partial charge is 0.396 e. The van der Waals surface area contributed by atoms with E-state index in [4.69, 9.17) is 5.11 Å². The first-order chi connectivity index (χ1) is 9.60. The summed E-state index contributed by atoms with van der Waals surface area (Å²) in [7, 11) is 0. The second kappa shape index (κ2) is 6.88. The average Bonchev–Trinajstić information content (AvgIpc) is 2.85. The maximum atomic E-state index is 12.0. The van der Waals surface area contributed by atoms with Crippen LogP contribution in [-0.4, -0.2) is 40.4 Å². The van der Waals surface area contributed by atoms with Crippen molar-refractivity contribution < 1.29 is 15.0 Å². The molecule has 1 heterocycles. The highest BCUT2D eigenvalue weighted by atomic mass is 79.9. The molecule has 108 valence electrons. The van der Waals surface area contributed by atoms with Crippen LogP contribution in [0.1, 0.15) is 23.3 Å². The minimum absolute atomic E-state index is 0.0436. The van der Waals surface area contributed by atoms with Gasteiger partial charge in [-0.2, -0.15) is 0 Å². The molecule has 2 rings (SSSR count). The summed E-state index contributed by atoms with van der Waals surface area (Å²) >= 11 is 3.38. The SMILES string of the molecule is O=C(NCC(O)CCCO)c1cc2ccc(Br)cc2[nH]1. The number of fused-ring (bicyclic) bond motifs is 1. The highest BCUT2D eigenvalue weighted by molar-refractivity contribution is 9.10. The van der Waals surface area contributed by atoms with Crippen LogP contribution >= 0.6 is 15.9 Å². The summed E-state index contributed by atoms with van der Waals surface area (Å²) < 4.78 is 0.943. The Bertz CT molecular complexity index is 597. The van der Waals surface area contributed by atoms with E-state index in [1.54, 1.807) is 6.07 Å². The Kier molecular flexibility index (Phi) is 5.17. The predicted octanol–water partition coefficient (Wildman–Crippen LogP) is 1.79. The highest BCUT2D eigenvalue weighted by Gasteiger charge is 2.11. The van der Waals surface area contributed by atoms with Crippen LogP contribution in [0.5, 0.6) is 0 Å². The Morgan fingerprint density at radius 1 is 1.40 bits per heavy atom. The van der Waals surface area contributed by atoms with E-state index in [9.17, 15) is 9.90 Å². The van der Waals surface area contributed by atoms with Crippen LogP contribution < -0.4 is 5.32 Å². The molecular formula is C14H17BrN2O3. The second-order valence-corrected chi connectivity index (χ2v) is 5.56. The van der Waals surface area contributed by atoms with Gasteiger partial charge in [0.05, 0.1) is 6.10 Å². The lowest BCUT2D eigenvalue weighted by Gasteiger charge is -2.10. The first-order valence-corrected chi connectivity index (χ1v) is 7.25. The molecule has 5 nitrogen and oxygen atoms in total. The number of aliphatic hydroxyl groups excluding tert-OH is 2. The zero-order valence-electron chi connectivity index (χ0n) is 10.9. The molecule has 0 saturated heterocycles. The van der Waals surface area contributed by atoms with Gasteiger partial charge in [-0.25, -0.2) is 0 Å². The molecule has 0 fully saturated rings. The molecule has 6 heteroatoms. The van der Waals surface area contributed by atoms with Crippen LogP contribution in [0, 0.1) is 0 Å². The van der Waals surface area contributed by atoms with Gasteiger partial charge in [0.2, 0.25) is 0 Å². The Labute approximate surface area is 125 Å². The Morgan fingerprint density at radius 2 is 2.20 bits per heavy atom. The predicted molar refractivity (Wildman–Crippen MR) is 80.7 cm³/mol. The van der Waals surface area contributed by atoms with E-state index in [0.29, 0.717) is 18.5 Å². The van der Waals surface area contributed by atoms with E-state index in [2.05, 4.69) is 26.2 Å². The molecule has 20 heavy (non-hydrogen) atoms. The summed E-state index contributed by atoms with van der Waals surface area (Å²) in [6.45, 7) is 0.222. The third kappa shape index (κ3) is 3.82. The van der Waals surface area contributed by atoms with Crippen molar-refractivity contribution in [2.24, 2.45) is 0 Å². The number of hydrogen-bond donors (Lipinski definition) is 4. The Morgan fingerprint density at radius 3 is 2.95 bits per heavy atom. The summed E-state index contributed by atoms with van der Waals surface area (Å²) in [6.07, 6.45) is 0.359. The van der Waals surface area contributed by atoms with Crippen molar-refractivity contribution in [3.05, 3.63) is 34.4 Å². The molecule has 0 bridgehead atoms. The normalized spacial score (nSPS) is 12.6. The van der Waals surface area contributed by atoms with Gasteiger partial charge >= 0.3 is 0 Å². The number of carbonyl (C=O) groups excluding carboxylic acids is 1. The molecule has 0 spiro atoms. The molecule has 2 aromatic rings. The summed E-state index contributed by atoms with van der Waals surface area (Å²) in [6, 6.07) is 7.51. The molecule has 4 N–H and O–H groups in total. The van der Waals surface area contributed by atoms with Crippen molar-refractivity contribution in [3.8, 4) is 0 Å². The smallest absolute Gasteiger partial charge is 0.267 e. The van der Waals surface area contributed by atoms with Crippen molar-refractivity contribution in [1.29, 1.82) is 0 Å². The lowest BCUT2D eigenvalue weighted by atomic mass is 10.2. The molecule has 0 radical (unpaired) electrons. The number of aliphatic hydroxyl groups is 2. The average molecular weight is 341 g/mol. The van der Waals surface area contributed by atoms with Gasteiger partial charge in [0.1, 0.15) is 5.69 Å². The summed E-state index contributed by atoms with van der Waals surface area (Å²) in [5.41, 5.74) is 1.35. The topological polar surface area (TPSA) is 85.3 Å². The fourth-order valence-corrected chi connectivity index (χ4v) is 2.32. The first kappa shape index (κ1) is 15.0. The number of rotatable bonds is 6.